The van der Waals surface area contributed by atoms with Gasteiger partial charge in [-0.3, -0.25) is 4.79 Å². The minimum absolute atomic E-state index is 0.0443. The van der Waals surface area contributed by atoms with E-state index in [-0.39, 0.29) is 14.9 Å². The Balaban J connectivity index is 2.56. The summed E-state index contributed by atoms with van der Waals surface area (Å²) in [5, 5.41) is 3.69. The molecule has 1 aromatic heterocycles. The summed E-state index contributed by atoms with van der Waals surface area (Å²) in [7, 11) is 1.37. The molecule has 1 aromatic carbocycles. The first-order valence-corrected chi connectivity index (χ1v) is 7.85. The van der Waals surface area contributed by atoms with Gasteiger partial charge in [-0.1, -0.05) is 23.2 Å². The van der Waals surface area contributed by atoms with E-state index >= 15 is 0 Å². The Kier molecular flexibility index (Phi) is 3.87. The highest BCUT2D eigenvalue weighted by Crippen LogP contribution is 2.18. The fourth-order valence-electron chi connectivity index (χ4n) is 1.35. The monoisotopic (exact) mass is 338 g/mol. The van der Waals surface area contributed by atoms with Gasteiger partial charge in [-0.15, -0.1) is 0 Å². The zero-order chi connectivity index (χ0) is 14.2. The molecule has 0 bridgehead atoms. The second-order valence-electron chi connectivity index (χ2n) is 3.46. The molecule has 0 unspecified atom stereocenters. The molecule has 0 N–H and O–H groups in total. The first-order chi connectivity index (χ1) is 8.80. The van der Waals surface area contributed by atoms with Crippen molar-refractivity contribution in [2.45, 2.75) is 4.90 Å². The molecule has 0 aliphatic rings. The number of rotatable bonds is 2. The average Bonchev–Trinajstić information content (AvgIpc) is 2.35. The van der Waals surface area contributed by atoms with Crippen molar-refractivity contribution in [3.63, 3.8) is 0 Å². The lowest BCUT2D eigenvalue weighted by atomic mass is 10.3. The fraction of sp³-hybridized carbons (Fsp3) is 0. The molecule has 1 heterocycles. The summed E-state index contributed by atoms with van der Waals surface area (Å²) < 4.78 is 23.2. The van der Waals surface area contributed by atoms with Crippen LogP contribution < -0.4 is 5.56 Å². The Morgan fingerprint density at radius 1 is 1.11 bits per heavy atom. The minimum atomic E-state index is -3.81. The highest BCUT2D eigenvalue weighted by Gasteiger charge is 2.12. The Labute approximate surface area is 122 Å². The van der Waals surface area contributed by atoms with Crippen LogP contribution in [0.15, 0.2) is 40.2 Å². The van der Waals surface area contributed by atoms with Crippen LogP contribution in [0.25, 0.3) is 5.69 Å². The van der Waals surface area contributed by atoms with Crippen LogP contribution in [0, 0.1) is 0 Å². The van der Waals surface area contributed by atoms with Gasteiger partial charge in [0.15, 0.2) is 0 Å². The third-order valence-corrected chi connectivity index (χ3v) is 4.36. The molecule has 0 fully saturated rings. The van der Waals surface area contributed by atoms with Crippen molar-refractivity contribution in [2.24, 2.45) is 0 Å². The second kappa shape index (κ2) is 5.13. The Bertz CT molecular complexity index is 785. The molecule has 0 atom stereocenters. The van der Waals surface area contributed by atoms with E-state index in [0.29, 0.717) is 5.69 Å². The summed E-state index contributed by atoms with van der Waals surface area (Å²) in [6.45, 7) is 0. The molecule has 0 saturated heterocycles. The van der Waals surface area contributed by atoms with Crippen molar-refractivity contribution in [1.82, 2.24) is 9.78 Å². The molecular formula is C10H5Cl3N2O3S. The molecule has 9 heteroatoms. The van der Waals surface area contributed by atoms with Crippen LogP contribution in [0.5, 0.6) is 0 Å². The van der Waals surface area contributed by atoms with Crippen molar-refractivity contribution >= 4 is 42.9 Å². The molecule has 0 saturated carbocycles. The average molecular weight is 340 g/mol. The first kappa shape index (κ1) is 14.3. The summed E-state index contributed by atoms with van der Waals surface area (Å²) in [5.74, 6) is 0. The Morgan fingerprint density at radius 3 is 2.21 bits per heavy atom. The highest BCUT2D eigenvalue weighted by atomic mass is 35.7. The fourth-order valence-corrected chi connectivity index (χ4v) is 2.37. The topological polar surface area (TPSA) is 69.0 Å². The number of aromatic nitrogens is 2. The van der Waals surface area contributed by atoms with E-state index in [1.807, 2.05) is 0 Å². The molecular weight excluding hydrogens is 335 g/mol. The number of halogens is 3. The highest BCUT2D eigenvalue weighted by molar-refractivity contribution is 8.13. The third-order valence-electron chi connectivity index (χ3n) is 2.24. The molecule has 0 amide bonds. The molecule has 0 aliphatic heterocycles. The van der Waals surface area contributed by atoms with Crippen LogP contribution in [-0.2, 0) is 9.05 Å². The zero-order valence-electron chi connectivity index (χ0n) is 9.05. The summed E-state index contributed by atoms with van der Waals surface area (Å²) in [6.07, 6.45) is 1.22. The van der Waals surface area contributed by atoms with Gasteiger partial charge in [0.1, 0.15) is 5.02 Å². The number of hydrogen-bond donors (Lipinski definition) is 0. The van der Waals surface area contributed by atoms with E-state index in [2.05, 4.69) is 5.10 Å². The maximum atomic E-state index is 11.8. The standard InChI is InChI=1S/C10H5Cl3N2O3S/c11-8-5-14-15(10(16)9(8)12)6-1-3-7(4-2-6)19(13,17)18/h1-5H. The van der Waals surface area contributed by atoms with Crippen molar-refractivity contribution < 1.29 is 8.42 Å². The van der Waals surface area contributed by atoms with E-state index in [0.717, 1.165) is 4.68 Å². The minimum Gasteiger partial charge on any atom is -0.266 e. The third kappa shape index (κ3) is 2.92. The van der Waals surface area contributed by atoms with Gasteiger partial charge in [-0.2, -0.15) is 9.78 Å². The molecule has 19 heavy (non-hydrogen) atoms. The predicted octanol–water partition coefficient (Wildman–Crippen LogP) is 2.47. The summed E-state index contributed by atoms with van der Waals surface area (Å²) in [6, 6.07) is 5.28. The van der Waals surface area contributed by atoms with Crippen LogP contribution in [-0.4, -0.2) is 18.2 Å². The Morgan fingerprint density at radius 2 is 1.68 bits per heavy atom. The van der Waals surface area contributed by atoms with Crippen LogP contribution in [0.4, 0.5) is 0 Å². The van der Waals surface area contributed by atoms with E-state index < -0.39 is 14.6 Å². The zero-order valence-corrected chi connectivity index (χ0v) is 12.1. The van der Waals surface area contributed by atoms with E-state index in [4.69, 9.17) is 33.9 Å². The number of benzene rings is 1. The normalized spacial score (nSPS) is 11.5. The molecule has 0 spiro atoms. The van der Waals surface area contributed by atoms with Crippen LogP contribution in [0.2, 0.25) is 10.0 Å². The predicted molar refractivity (Wildman–Crippen MR) is 72.9 cm³/mol. The lowest BCUT2D eigenvalue weighted by Crippen LogP contribution is -2.21. The molecule has 0 aliphatic carbocycles. The van der Waals surface area contributed by atoms with Crippen molar-refractivity contribution in [2.75, 3.05) is 0 Å². The summed E-state index contributed by atoms with van der Waals surface area (Å²) in [4.78, 5) is 11.7. The van der Waals surface area contributed by atoms with Crippen molar-refractivity contribution in [3.05, 3.63) is 50.9 Å². The maximum Gasteiger partial charge on any atom is 0.291 e. The van der Waals surface area contributed by atoms with E-state index in [9.17, 15) is 13.2 Å². The molecule has 2 rings (SSSR count). The summed E-state index contributed by atoms with van der Waals surface area (Å²) in [5.41, 5.74) is -0.261. The van der Waals surface area contributed by atoms with Crippen molar-refractivity contribution in [3.8, 4) is 5.69 Å². The molecule has 5 nitrogen and oxygen atoms in total. The quantitative estimate of drug-likeness (QED) is 0.788. The molecule has 0 radical (unpaired) electrons. The van der Waals surface area contributed by atoms with Gasteiger partial charge in [-0.05, 0) is 24.3 Å². The van der Waals surface area contributed by atoms with Crippen molar-refractivity contribution in [1.29, 1.82) is 0 Å². The van der Waals surface area contributed by atoms with E-state index in [1.54, 1.807) is 0 Å². The number of hydrogen-bond acceptors (Lipinski definition) is 4. The van der Waals surface area contributed by atoms with Crippen LogP contribution >= 0.6 is 33.9 Å². The summed E-state index contributed by atoms with van der Waals surface area (Å²) >= 11 is 11.4. The first-order valence-electron chi connectivity index (χ1n) is 4.79. The van der Waals surface area contributed by atoms with Gasteiger partial charge in [0.25, 0.3) is 14.6 Å². The SMILES string of the molecule is O=c1c(Cl)c(Cl)cnn1-c1ccc(S(=O)(=O)Cl)cc1. The van der Waals surface area contributed by atoms with Crippen LogP contribution in [0.1, 0.15) is 0 Å². The van der Waals surface area contributed by atoms with Gasteiger partial charge in [0.2, 0.25) is 0 Å². The van der Waals surface area contributed by atoms with Gasteiger partial charge in [0, 0.05) is 10.7 Å². The lowest BCUT2D eigenvalue weighted by Gasteiger charge is -2.05. The largest absolute Gasteiger partial charge is 0.291 e. The smallest absolute Gasteiger partial charge is 0.266 e. The van der Waals surface area contributed by atoms with E-state index in [1.165, 1.54) is 30.5 Å². The van der Waals surface area contributed by atoms with Gasteiger partial charge in [0.05, 0.1) is 21.8 Å². The van der Waals surface area contributed by atoms with Gasteiger partial charge >= 0.3 is 0 Å². The molecule has 100 valence electrons. The van der Waals surface area contributed by atoms with Crippen LogP contribution in [0.3, 0.4) is 0 Å². The van der Waals surface area contributed by atoms with Gasteiger partial charge in [-0.25, -0.2) is 8.42 Å². The Hall–Kier alpha value is -1.08. The maximum absolute atomic E-state index is 11.8. The molecule has 2 aromatic rings. The van der Waals surface area contributed by atoms with Gasteiger partial charge < -0.3 is 0 Å². The lowest BCUT2D eigenvalue weighted by molar-refractivity contribution is 0.609. The number of nitrogens with zero attached hydrogens (tertiary/aromatic N) is 2. The second-order valence-corrected chi connectivity index (χ2v) is 6.81.